The summed E-state index contributed by atoms with van der Waals surface area (Å²) >= 11 is 0. The van der Waals surface area contributed by atoms with Crippen molar-refractivity contribution in [2.24, 2.45) is 0 Å². The predicted molar refractivity (Wildman–Crippen MR) is 65.5 cm³/mol. The summed E-state index contributed by atoms with van der Waals surface area (Å²) in [4.78, 5) is 4.22. The second kappa shape index (κ2) is 5.05. The Hall–Kier alpha value is -1.82. The molecule has 2 rings (SSSR count). The summed E-state index contributed by atoms with van der Waals surface area (Å²) in [6.45, 7) is 3.79. The van der Waals surface area contributed by atoms with E-state index in [0.717, 1.165) is 6.07 Å². The van der Waals surface area contributed by atoms with Crippen LogP contribution in [-0.2, 0) is 12.0 Å². The van der Waals surface area contributed by atoms with Gasteiger partial charge in [0.2, 0.25) is 5.89 Å². The number of halogens is 2. The molecule has 6 heteroatoms. The maximum atomic E-state index is 13.1. The minimum absolute atomic E-state index is 0.220. The third-order valence-corrected chi connectivity index (χ3v) is 2.91. The molecular weight excluding hydrogens is 252 g/mol. The minimum atomic E-state index is -0.616. The van der Waals surface area contributed by atoms with Crippen LogP contribution in [0.3, 0.4) is 0 Å². The van der Waals surface area contributed by atoms with Crippen molar-refractivity contribution in [2.75, 3.05) is 7.05 Å². The van der Waals surface area contributed by atoms with Crippen LogP contribution in [0.5, 0.6) is 0 Å². The molecule has 1 heterocycles. The van der Waals surface area contributed by atoms with Crippen molar-refractivity contribution >= 4 is 0 Å². The van der Waals surface area contributed by atoms with Crippen LogP contribution in [0.15, 0.2) is 22.7 Å². The van der Waals surface area contributed by atoms with Crippen molar-refractivity contribution in [3.8, 4) is 0 Å². The molecule has 0 aliphatic rings. The third kappa shape index (κ3) is 3.14. The van der Waals surface area contributed by atoms with E-state index in [1.165, 1.54) is 12.1 Å². The van der Waals surface area contributed by atoms with Crippen molar-refractivity contribution in [3.05, 3.63) is 47.1 Å². The van der Waals surface area contributed by atoms with Gasteiger partial charge in [0, 0.05) is 12.5 Å². The molecule has 0 saturated heterocycles. The van der Waals surface area contributed by atoms with Crippen molar-refractivity contribution in [1.29, 1.82) is 0 Å². The number of hydrogen-bond acceptors (Lipinski definition) is 4. The zero-order valence-electron chi connectivity index (χ0n) is 11.0. The molecular formula is C13H15F2N3O. The van der Waals surface area contributed by atoms with Crippen LogP contribution >= 0.6 is 0 Å². The average Bonchev–Trinajstić information content (AvgIpc) is 2.77. The number of aromatic nitrogens is 2. The maximum absolute atomic E-state index is 13.1. The molecule has 1 N–H and O–H groups in total. The van der Waals surface area contributed by atoms with E-state index < -0.39 is 17.2 Å². The number of rotatable bonds is 4. The van der Waals surface area contributed by atoms with Gasteiger partial charge in [-0.1, -0.05) is 5.16 Å². The van der Waals surface area contributed by atoms with Gasteiger partial charge in [0.05, 0.1) is 5.54 Å². The van der Waals surface area contributed by atoms with E-state index in [1.54, 1.807) is 7.05 Å². The van der Waals surface area contributed by atoms with Crippen LogP contribution in [-0.4, -0.2) is 17.2 Å². The van der Waals surface area contributed by atoms with Gasteiger partial charge in [-0.3, -0.25) is 0 Å². The normalized spacial score (nSPS) is 11.8. The van der Waals surface area contributed by atoms with Crippen LogP contribution in [0.4, 0.5) is 8.78 Å². The number of nitrogens with one attached hydrogen (secondary N) is 1. The quantitative estimate of drug-likeness (QED) is 0.924. The molecule has 0 aliphatic heterocycles. The summed E-state index contributed by atoms with van der Waals surface area (Å²) in [7, 11) is 1.78. The lowest BCUT2D eigenvalue weighted by Gasteiger charge is -2.17. The van der Waals surface area contributed by atoms with E-state index in [2.05, 4.69) is 15.5 Å². The summed E-state index contributed by atoms with van der Waals surface area (Å²) in [5.74, 6) is -0.409. The van der Waals surface area contributed by atoms with Gasteiger partial charge in [0.25, 0.3) is 0 Å². The minimum Gasteiger partial charge on any atom is -0.337 e. The lowest BCUT2D eigenvalue weighted by atomic mass is 10.1. The van der Waals surface area contributed by atoms with Crippen molar-refractivity contribution in [1.82, 2.24) is 15.5 Å². The first-order valence-electron chi connectivity index (χ1n) is 5.87. The number of nitrogens with zero attached hydrogens (tertiary/aromatic N) is 2. The van der Waals surface area contributed by atoms with Gasteiger partial charge < -0.3 is 9.84 Å². The highest BCUT2D eigenvalue weighted by Gasteiger charge is 2.25. The molecule has 1 aromatic carbocycles. The molecule has 0 atom stereocenters. The Morgan fingerprint density at radius 2 is 1.84 bits per heavy atom. The van der Waals surface area contributed by atoms with Gasteiger partial charge in [0.15, 0.2) is 5.82 Å². The van der Waals surface area contributed by atoms with Gasteiger partial charge in [-0.15, -0.1) is 0 Å². The molecule has 0 fully saturated rings. The highest BCUT2D eigenvalue weighted by atomic mass is 19.1. The Morgan fingerprint density at radius 1 is 1.21 bits per heavy atom. The fraction of sp³-hybridized carbons (Fsp3) is 0.385. The van der Waals surface area contributed by atoms with Gasteiger partial charge in [0.1, 0.15) is 11.6 Å². The van der Waals surface area contributed by atoms with Crippen molar-refractivity contribution in [3.63, 3.8) is 0 Å². The molecule has 0 spiro atoms. The van der Waals surface area contributed by atoms with E-state index in [1.807, 2.05) is 13.8 Å². The van der Waals surface area contributed by atoms with Gasteiger partial charge in [-0.05, 0) is 38.6 Å². The molecule has 19 heavy (non-hydrogen) atoms. The molecule has 4 nitrogen and oxygen atoms in total. The summed E-state index contributed by atoms with van der Waals surface area (Å²) < 4.78 is 31.3. The Kier molecular flexibility index (Phi) is 3.61. The lowest BCUT2D eigenvalue weighted by molar-refractivity contribution is 0.279. The molecule has 0 radical (unpaired) electrons. The van der Waals surface area contributed by atoms with Gasteiger partial charge >= 0.3 is 0 Å². The van der Waals surface area contributed by atoms with Crippen LogP contribution in [0.1, 0.15) is 31.1 Å². The summed E-state index contributed by atoms with van der Waals surface area (Å²) in [5.41, 5.74) is 0.0189. The number of benzene rings is 1. The van der Waals surface area contributed by atoms with E-state index in [0.29, 0.717) is 17.3 Å². The second-order valence-corrected chi connectivity index (χ2v) is 4.85. The molecule has 102 valence electrons. The Bertz CT molecular complexity index is 561. The van der Waals surface area contributed by atoms with E-state index >= 15 is 0 Å². The second-order valence-electron chi connectivity index (χ2n) is 4.85. The van der Waals surface area contributed by atoms with Gasteiger partial charge in [-0.2, -0.15) is 4.98 Å². The topological polar surface area (TPSA) is 51.0 Å². The summed E-state index contributed by atoms with van der Waals surface area (Å²) in [6.07, 6.45) is 0.220. The summed E-state index contributed by atoms with van der Waals surface area (Å²) in [6, 6.07) is 3.33. The monoisotopic (exact) mass is 267 g/mol. The number of hydrogen-bond donors (Lipinski definition) is 1. The fourth-order valence-corrected chi connectivity index (χ4v) is 1.58. The average molecular weight is 267 g/mol. The first-order valence-corrected chi connectivity index (χ1v) is 5.87. The molecule has 0 saturated carbocycles. The Morgan fingerprint density at radius 3 is 2.42 bits per heavy atom. The largest absolute Gasteiger partial charge is 0.337 e. The molecule has 0 unspecified atom stereocenters. The van der Waals surface area contributed by atoms with Crippen LogP contribution in [0.2, 0.25) is 0 Å². The first-order chi connectivity index (χ1) is 8.90. The van der Waals surface area contributed by atoms with Crippen LogP contribution in [0.25, 0.3) is 0 Å². The Balaban J connectivity index is 2.20. The van der Waals surface area contributed by atoms with Crippen LogP contribution < -0.4 is 5.32 Å². The fourth-order valence-electron chi connectivity index (χ4n) is 1.58. The highest BCUT2D eigenvalue weighted by molar-refractivity contribution is 5.21. The first kappa shape index (κ1) is 13.6. The molecule has 0 bridgehead atoms. The molecule has 2 aromatic rings. The van der Waals surface area contributed by atoms with Gasteiger partial charge in [-0.25, -0.2) is 8.78 Å². The van der Waals surface area contributed by atoms with E-state index in [4.69, 9.17) is 4.52 Å². The third-order valence-electron chi connectivity index (χ3n) is 2.91. The van der Waals surface area contributed by atoms with Crippen LogP contribution in [0, 0.1) is 11.6 Å². The zero-order chi connectivity index (χ0) is 14.0. The van der Waals surface area contributed by atoms with Crippen molar-refractivity contribution < 1.29 is 13.3 Å². The maximum Gasteiger partial charge on any atom is 0.246 e. The highest BCUT2D eigenvalue weighted by Crippen LogP contribution is 2.18. The molecule has 0 amide bonds. The van der Waals surface area contributed by atoms with E-state index in [-0.39, 0.29) is 6.42 Å². The zero-order valence-corrected chi connectivity index (χ0v) is 11.0. The van der Waals surface area contributed by atoms with Crippen molar-refractivity contribution in [2.45, 2.75) is 25.8 Å². The molecule has 1 aromatic heterocycles. The van der Waals surface area contributed by atoms with E-state index in [9.17, 15) is 8.78 Å². The lowest BCUT2D eigenvalue weighted by Crippen LogP contribution is -2.33. The standard InChI is InChI=1S/C13H15F2N3O/c1-13(2,16-3)12-17-11(18-19-12)6-8-4-9(14)7-10(15)5-8/h4-5,7,16H,6H2,1-3H3. The summed E-state index contributed by atoms with van der Waals surface area (Å²) in [5, 5.41) is 6.85. The molecule has 0 aliphatic carbocycles. The Labute approximate surface area is 109 Å². The SMILES string of the molecule is CNC(C)(C)c1nc(Cc2cc(F)cc(F)c2)no1. The predicted octanol–water partition coefficient (Wildman–Crippen LogP) is 2.39. The smallest absolute Gasteiger partial charge is 0.246 e.